The van der Waals surface area contributed by atoms with Gasteiger partial charge in [-0.15, -0.1) is 0 Å². The predicted octanol–water partition coefficient (Wildman–Crippen LogP) is 4.50. The summed E-state index contributed by atoms with van der Waals surface area (Å²) in [5, 5.41) is 2.86. The quantitative estimate of drug-likeness (QED) is 0.609. The van der Waals surface area contributed by atoms with Crippen molar-refractivity contribution in [1.82, 2.24) is 10.2 Å². The number of hydrogen-bond donors (Lipinski definition) is 1. The highest BCUT2D eigenvalue weighted by molar-refractivity contribution is 9.10. The van der Waals surface area contributed by atoms with Gasteiger partial charge < -0.3 is 19.4 Å². The van der Waals surface area contributed by atoms with Crippen molar-refractivity contribution in [2.45, 2.75) is 19.3 Å². The second-order valence-corrected chi connectivity index (χ2v) is 8.59. The number of carbonyl (C=O) groups is 1. The molecule has 0 saturated carbocycles. The number of nitrogens with zero attached hydrogens (tertiary/aromatic N) is 1. The Morgan fingerprint density at radius 3 is 2.89 bits per heavy atom. The van der Waals surface area contributed by atoms with Gasteiger partial charge in [-0.3, -0.25) is 4.79 Å². The first-order chi connectivity index (χ1) is 13.0. The Kier molecular flexibility index (Phi) is 7.38. The highest BCUT2D eigenvalue weighted by Crippen LogP contribution is 2.27. The van der Waals surface area contributed by atoms with Crippen molar-refractivity contribution >= 4 is 37.8 Å². The molecule has 1 N–H and O–H groups in total. The van der Waals surface area contributed by atoms with Crippen LogP contribution in [0.25, 0.3) is 0 Å². The van der Waals surface area contributed by atoms with E-state index in [0.29, 0.717) is 22.9 Å². The number of ether oxygens (including phenoxy) is 1. The van der Waals surface area contributed by atoms with Gasteiger partial charge >= 0.3 is 0 Å². The lowest BCUT2D eigenvalue weighted by Gasteiger charge is -2.29. The van der Waals surface area contributed by atoms with Gasteiger partial charge in [0.15, 0.2) is 10.4 Å². The van der Waals surface area contributed by atoms with E-state index in [9.17, 15) is 4.79 Å². The molecule has 1 fully saturated rings. The first-order valence-corrected chi connectivity index (χ1v) is 10.7. The molecular weight excluding hydrogens is 476 g/mol. The number of furan rings is 1. The van der Waals surface area contributed by atoms with Crippen molar-refractivity contribution in [1.29, 1.82) is 0 Å². The molecule has 3 rings (SSSR count). The van der Waals surface area contributed by atoms with Gasteiger partial charge in [0, 0.05) is 19.0 Å². The van der Waals surface area contributed by atoms with Gasteiger partial charge in [0.1, 0.15) is 5.75 Å². The summed E-state index contributed by atoms with van der Waals surface area (Å²) in [6.45, 7) is 3.57. The summed E-state index contributed by atoms with van der Waals surface area (Å²) in [4.78, 5) is 14.3. The number of hydrogen-bond acceptors (Lipinski definition) is 4. The third-order valence-electron chi connectivity index (χ3n) is 4.69. The molecule has 27 heavy (non-hydrogen) atoms. The average molecular weight is 500 g/mol. The standard InChI is InChI=1S/C20H24Br2N2O3/c1-24-10-2-3-15(12-24)13-26-17-5-4-14(11-16(17)21)8-9-23-20(25)18-6-7-19(22)27-18/h4-7,11,15H,2-3,8-10,12-13H2,1H3,(H,23,25). The lowest BCUT2D eigenvalue weighted by Crippen LogP contribution is -2.34. The zero-order chi connectivity index (χ0) is 19.2. The number of piperidine rings is 1. The minimum atomic E-state index is -0.211. The van der Waals surface area contributed by atoms with Crippen LogP contribution < -0.4 is 10.1 Å². The van der Waals surface area contributed by atoms with Gasteiger partial charge in [0.2, 0.25) is 0 Å². The monoisotopic (exact) mass is 498 g/mol. The van der Waals surface area contributed by atoms with Gasteiger partial charge in [-0.05, 0) is 94.5 Å². The van der Waals surface area contributed by atoms with Crippen LogP contribution >= 0.6 is 31.9 Å². The summed E-state index contributed by atoms with van der Waals surface area (Å²) >= 11 is 6.80. The summed E-state index contributed by atoms with van der Waals surface area (Å²) < 4.78 is 12.8. The van der Waals surface area contributed by atoms with Crippen LogP contribution in [0.1, 0.15) is 29.0 Å². The fourth-order valence-corrected chi connectivity index (χ4v) is 4.12. The van der Waals surface area contributed by atoms with E-state index in [1.807, 2.05) is 12.1 Å². The molecule has 1 amide bonds. The fourth-order valence-electron chi connectivity index (χ4n) is 3.28. The van der Waals surface area contributed by atoms with Crippen molar-refractivity contribution in [3.05, 3.63) is 50.8 Å². The maximum atomic E-state index is 12.0. The molecule has 1 aromatic carbocycles. The highest BCUT2D eigenvalue weighted by atomic mass is 79.9. The van der Waals surface area contributed by atoms with E-state index in [0.717, 1.165) is 35.4 Å². The molecule has 1 atom stereocenters. The van der Waals surface area contributed by atoms with Crippen LogP contribution in [0.2, 0.25) is 0 Å². The maximum absolute atomic E-state index is 12.0. The Morgan fingerprint density at radius 2 is 2.19 bits per heavy atom. The molecule has 0 spiro atoms. The van der Waals surface area contributed by atoms with Crippen LogP contribution in [-0.2, 0) is 6.42 Å². The molecule has 2 heterocycles. The number of rotatable bonds is 7. The Morgan fingerprint density at radius 1 is 1.33 bits per heavy atom. The first-order valence-electron chi connectivity index (χ1n) is 9.14. The van der Waals surface area contributed by atoms with E-state index in [1.165, 1.54) is 19.4 Å². The summed E-state index contributed by atoms with van der Waals surface area (Å²) in [5.74, 6) is 1.56. The molecular formula is C20H24Br2N2O3. The van der Waals surface area contributed by atoms with Crippen molar-refractivity contribution < 1.29 is 13.9 Å². The summed E-state index contributed by atoms with van der Waals surface area (Å²) in [7, 11) is 2.17. The molecule has 0 aliphatic carbocycles. The zero-order valence-electron chi connectivity index (χ0n) is 15.3. The molecule has 1 saturated heterocycles. The molecule has 1 aliphatic rings. The van der Waals surface area contributed by atoms with Gasteiger partial charge in [-0.2, -0.15) is 0 Å². The Labute approximate surface area is 176 Å². The minimum Gasteiger partial charge on any atom is -0.492 e. The number of likely N-dealkylation sites (tertiary alicyclic amines) is 1. The third kappa shape index (κ3) is 6.09. The van der Waals surface area contributed by atoms with E-state index < -0.39 is 0 Å². The zero-order valence-corrected chi connectivity index (χ0v) is 18.5. The van der Waals surface area contributed by atoms with E-state index in [-0.39, 0.29) is 5.91 Å². The lowest BCUT2D eigenvalue weighted by molar-refractivity contribution is 0.0925. The summed E-state index contributed by atoms with van der Waals surface area (Å²) in [6, 6.07) is 9.44. The van der Waals surface area contributed by atoms with Crippen LogP contribution in [-0.4, -0.2) is 44.1 Å². The molecule has 1 aromatic heterocycles. The van der Waals surface area contributed by atoms with Gasteiger partial charge in [0.25, 0.3) is 5.91 Å². The molecule has 0 radical (unpaired) electrons. The van der Waals surface area contributed by atoms with Crippen LogP contribution in [0.15, 0.2) is 43.9 Å². The largest absolute Gasteiger partial charge is 0.492 e. The molecule has 1 unspecified atom stereocenters. The van der Waals surface area contributed by atoms with E-state index in [4.69, 9.17) is 9.15 Å². The van der Waals surface area contributed by atoms with E-state index in [2.05, 4.69) is 55.2 Å². The fraction of sp³-hybridized carbons (Fsp3) is 0.450. The number of halogens is 2. The molecule has 2 aromatic rings. The van der Waals surface area contributed by atoms with E-state index in [1.54, 1.807) is 12.1 Å². The second kappa shape index (κ2) is 9.75. The smallest absolute Gasteiger partial charge is 0.287 e. The number of amides is 1. The van der Waals surface area contributed by atoms with E-state index >= 15 is 0 Å². The Hall–Kier alpha value is -1.31. The minimum absolute atomic E-state index is 0.211. The van der Waals surface area contributed by atoms with Crippen LogP contribution in [0.4, 0.5) is 0 Å². The summed E-state index contributed by atoms with van der Waals surface area (Å²) in [5.41, 5.74) is 1.13. The highest BCUT2D eigenvalue weighted by Gasteiger charge is 2.18. The lowest BCUT2D eigenvalue weighted by atomic mass is 9.99. The van der Waals surface area contributed by atoms with Gasteiger partial charge in [0.05, 0.1) is 11.1 Å². The Bertz CT molecular complexity index is 778. The van der Waals surface area contributed by atoms with Crippen molar-refractivity contribution in [2.24, 2.45) is 5.92 Å². The van der Waals surface area contributed by atoms with Crippen molar-refractivity contribution in [2.75, 3.05) is 33.3 Å². The number of nitrogens with one attached hydrogen (secondary N) is 1. The molecule has 1 aliphatic heterocycles. The summed E-state index contributed by atoms with van der Waals surface area (Å²) in [6.07, 6.45) is 3.21. The van der Waals surface area contributed by atoms with Crippen molar-refractivity contribution in [3.63, 3.8) is 0 Å². The Balaban J connectivity index is 1.45. The van der Waals surface area contributed by atoms with Gasteiger partial charge in [-0.25, -0.2) is 0 Å². The van der Waals surface area contributed by atoms with Crippen LogP contribution in [0, 0.1) is 5.92 Å². The van der Waals surface area contributed by atoms with Crippen LogP contribution in [0.3, 0.4) is 0 Å². The predicted molar refractivity (Wildman–Crippen MR) is 112 cm³/mol. The number of benzene rings is 1. The molecule has 146 valence electrons. The third-order valence-corrected chi connectivity index (χ3v) is 5.74. The first kappa shape index (κ1) is 20.4. The number of carbonyl (C=O) groups excluding carboxylic acids is 1. The molecule has 5 nitrogen and oxygen atoms in total. The SMILES string of the molecule is CN1CCCC(COc2ccc(CCNC(=O)c3ccc(Br)o3)cc2Br)C1. The van der Waals surface area contributed by atoms with Crippen LogP contribution in [0.5, 0.6) is 5.75 Å². The second-order valence-electron chi connectivity index (χ2n) is 6.96. The molecule has 0 bridgehead atoms. The van der Waals surface area contributed by atoms with Gasteiger partial charge in [-0.1, -0.05) is 6.07 Å². The maximum Gasteiger partial charge on any atom is 0.287 e. The topological polar surface area (TPSA) is 54.7 Å². The molecule has 7 heteroatoms. The average Bonchev–Trinajstić information content (AvgIpc) is 3.07. The van der Waals surface area contributed by atoms with Crippen molar-refractivity contribution in [3.8, 4) is 5.75 Å². The normalized spacial score (nSPS) is 17.7.